The lowest BCUT2D eigenvalue weighted by Crippen LogP contribution is -2.35. The van der Waals surface area contributed by atoms with Crippen LogP contribution in [-0.4, -0.2) is 30.5 Å². The van der Waals surface area contributed by atoms with Crippen molar-refractivity contribution in [3.05, 3.63) is 23.9 Å². The number of pyridine rings is 1. The second kappa shape index (κ2) is 8.36. The van der Waals surface area contributed by atoms with E-state index < -0.39 is 5.41 Å². The van der Waals surface area contributed by atoms with Gasteiger partial charge < -0.3 is 15.4 Å². The van der Waals surface area contributed by atoms with E-state index in [4.69, 9.17) is 4.74 Å². The molecule has 0 atom stereocenters. The lowest BCUT2D eigenvalue weighted by Gasteiger charge is -2.17. The predicted molar refractivity (Wildman–Crippen MR) is 84.3 cm³/mol. The minimum atomic E-state index is -0.399. The van der Waals surface area contributed by atoms with Crippen molar-refractivity contribution in [2.45, 2.75) is 40.2 Å². The van der Waals surface area contributed by atoms with Crippen LogP contribution in [0.1, 0.15) is 39.2 Å². The van der Waals surface area contributed by atoms with Crippen LogP contribution in [0.2, 0.25) is 0 Å². The van der Waals surface area contributed by atoms with Crippen molar-refractivity contribution in [1.82, 2.24) is 15.6 Å². The molecule has 0 radical (unpaired) electrons. The Morgan fingerprint density at radius 1 is 1.23 bits per heavy atom. The molecule has 22 heavy (non-hydrogen) atoms. The van der Waals surface area contributed by atoms with Crippen LogP contribution in [-0.2, 0) is 16.1 Å². The molecule has 0 aliphatic rings. The molecule has 1 heterocycles. The summed E-state index contributed by atoms with van der Waals surface area (Å²) in [6.07, 6.45) is 2.67. The first-order valence-corrected chi connectivity index (χ1v) is 7.37. The molecule has 0 unspecified atom stereocenters. The highest BCUT2D eigenvalue weighted by atomic mass is 16.5. The second-order valence-corrected chi connectivity index (χ2v) is 6.09. The van der Waals surface area contributed by atoms with Gasteiger partial charge in [0.05, 0.1) is 7.11 Å². The number of ether oxygens (including phenoxy) is 1. The summed E-state index contributed by atoms with van der Waals surface area (Å²) >= 11 is 0. The fourth-order valence-corrected chi connectivity index (χ4v) is 1.64. The Hall–Kier alpha value is -2.11. The normalized spacial score (nSPS) is 10.9. The van der Waals surface area contributed by atoms with Crippen LogP contribution in [0, 0.1) is 5.41 Å². The van der Waals surface area contributed by atoms with Crippen molar-refractivity contribution < 1.29 is 14.3 Å². The summed E-state index contributed by atoms with van der Waals surface area (Å²) in [4.78, 5) is 27.4. The number of amides is 2. The van der Waals surface area contributed by atoms with Gasteiger partial charge in [-0.05, 0) is 12.0 Å². The Labute approximate surface area is 131 Å². The van der Waals surface area contributed by atoms with Crippen molar-refractivity contribution in [2.75, 3.05) is 13.7 Å². The highest BCUT2D eigenvalue weighted by molar-refractivity contribution is 5.81. The first-order valence-electron chi connectivity index (χ1n) is 7.37. The van der Waals surface area contributed by atoms with E-state index in [0.29, 0.717) is 31.8 Å². The van der Waals surface area contributed by atoms with E-state index in [1.54, 1.807) is 19.4 Å². The molecule has 2 N–H and O–H groups in total. The Morgan fingerprint density at radius 3 is 2.50 bits per heavy atom. The van der Waals surface area contributed by atoms with E-state index in [0.717, 1.165) is 5.56 Å². The number of carbonyl (C=O) groups excluding carboxylic acids is 2. The zero-order valence-corrected chi connectivity index (χ0v) is 13.7. The number of methoxy groups -OCH3 is 1. The second-order valence-electron chi connectivity index (χ2n) is 6.09. The topological polar surface area (TPSA) is 80.3 Å². The van der Waals surface area contributed by atoms with Crippen molar-refractivity contribution in [3.8, 4) is 5.88 Å². The van der Waals surface area contributed by atoms with Gasteiger partial charge in [0.2, 0.25) is 17.7 Å². The minimum Gasteiger partial charge on any atom is -0.481 e. The van der Waals surface area contributed by atoms with Gasteiger partial charge in [0.15, 0.2) is 0 Å². The van der Waals surface area contributed by atoms with Crippen LogP contribution >= 0.6 is 0 Å². The molecule has 0 saturated heterocycles. The lowest BCUT2D eigenvalue weighted by atomic mass is 9.96. The first-order chi connectivity index (χ1) is 10.3. The van der Waals surface area contributed by atoms with Crippen LogP contribution in [0.3, 0.4) is 0 Å². The third-order valence-corrected chi connectivity index (χ3v) is 3.04. The maximum atomic E-state index is 11.7. The van der Waals surface area contributed by atoms with Gasteiger partial charge in [0.1, 0.15) is 0 Å². The molecular formula is C16H25N3O3. The molecule has 122 valence electrons. The third-order valence-electron chi connectivity index (χ3n) is 3.04. The summed E-state index contributed by atoms with van der Waals surface area (Å²) < 4.78 is 4.97. The zero-order valence-electron chi connectivity index (χ0n) is 13.7. The van der Waals surface area contributed by atoms with Crippen LogP contribution in [0.5, 0.6) is 5.88 Å². The lowest BCUT2D eigenvalue weighted by molar-refractivity contribution is -0.128. The average molecular weight is 307 g/mol. The van der Waals surface area contributed by atoms with Gasteiger partial charge in [-0.25, -0.2) is 4.98 Å². The highest BCUT2D eigenvalue weighted by Crippen LogP contribution is 2.12. The number of nitrogens with one attached hydrogen (secondary N) is 2. The van der Waals surface area contributed by atoms with Gasteiger partial charge in [0.25, 0.3) is 0 Å². The molecule has 6 nitrogen and oxygen atoms in total. The van der Waals surface area contributed by atoms with Crippen LogP contribution in [0.15, 0.2) is 18.3 Å². The quantitative estimate of drug-likeness (QED) is 0.751. The van der Waals surface area contributed by atoms with Crippen molar-refractivity contribution in [3.63, 3.8) is 0 Å². The SMILES string of the molecule is COc1ccc(CNC(=O)CCCNC(=O)C(C)(C)C)cn1. The van der Waals surface area contributed by atoms with E-state index >= 15 is 0 Å². The van der Waals surface area contributed by atoms with Gasteiger partial charge in [-0.3, -0.25) is 9.59 Å². The summed E-state index contributed by atoms with van der Waals surface area (Å²) in [6, 6.07) is 3.61. The summed E-state index contributed by atoms with van der Waals surface area (Å²) in [7, 11) is 1.56. The van der Waals surface area contributed by atoms with Crippen molar-refractivity contribution in [2.24, 2.45) is 5.41 Å². The average Bonchev–Trinajstić information content (AvgIpc) is 2.48. The number of hydrogen-bond donors (Lipinski definition) is 2. The van der Waals surface area contributed by atoms with Crippen LogP contribution in [0.4, 0.5) is 0 Å². The van der Waals surface area contributed by atoms with E-state index in [2.05, 4.69) is 15.6 Å². The molecule has 6 heteroatoms. The Kier molecular flexibility index (Phi) is 6.82. The number of carbonyl (C=O) groups is 2. The van der Waals surface area contributed by atoms with E-state index in [9.17, 15) is 9.59 Å². The molecule has 0 aliphatic carbocycles. The largest absolute Gasteiger partial charge is 0.481 e. The molecule has 0 aliphatic heterocycles. The van der Waals surface area contributed by atoms with Crippen molar-refractivity contribution >= 4 is 11.8 Å². The van der Waals surface area contributed by atoms with Crippen molar-refractivity contribution in [1.29, 1.82) is 0 Å². The summed E-state index contributed by atoms with van der Waals surface area (Å²) in [5, 5.41) is 5.64. The number of rotatable bonds is 7. The molecule has 0 saturated carbocycles. The maximum absolute atomic E-state index is 11.7. The summed E-state index contributed by atoms with van der Waals surface area (Å²) in [5.41, 5.74) is 0.513. The molecule has 0 spiro atoms. The summed E-state index contributed by atoms with van der Waals surface area (Å²) in [5.74, 6) is 0.503. The molecule has 1 aromatic rings. The number of aromatic nitrogens is 1. The van der Waals surface area contributed by atoms with E-state index in [1.807, 2.05) is 26.8 Å². The molecule has 1 rings (SSSR count). The highest BCUT2D eigenvalue weighted by Gasteiger charge is 2.20. The summed E-state index contributed by atoms with van der Waals surface area (Å²) in [6.45, 7) is 6.52. The fourth-order valence-electron chi connectivity index (χ4n) is 1.64. The van der Waals surface area contributed by atoms with Gasteiger partial charge in [-0.1, -0.05) is 26.8 Å². The minimum absolute atomic E-state index is 0.00258. The van der Waals surface area contributed by atoms with Gasteiger partial charge in [-0.15, -0.1) is 0 Å². The molecule has 0 aromatic carbocycles. The Bertz CT molecular complexity index is 492. The third kappa shape index (κ3) is 6.56. The number of hydrogen-bond acceptors (Lipinski definition) is 4. The maximum Gasteiger partial charge on any atom is 0.225 e. The molecule has 0 bridgehead atoms. The first kappa shape index (κ1) is 17.9. The van der Waals surface area contributed by atoms with Gasteiger partial charge in [0, 0.05) is 37.2 Å². The molecule has 1 aromatic heterocycles. The van der Waals surface area contributed by atoms with E-state index in [1.165, 1.54) is 0 Å². The molecular weight excluding hydrogens is 282 g/mol. The monoisotopic (exact) mass is 307 g/mol. The number of nitrogens with zero attached hydrogens (tertiary/aromatic N) is 1. The van der Waals surface area contributed by atoms with E-state index in [-0.39, 0.29) is 11.8 Å². The Balaban J connectivity index is 2.19. The smallest absolute Gasteiger partial charge is 0.225 e. The fraction of sp³-hybridized carbons (Fsp3) is 0.562. The van der Waals surface area contributed by atoms with Gasteiger partial charge >= 0.3 is 0 Å². The predicted octanol–water partition coefficient (Wildman–Crippen LogP) is 1.65. The van der Waals surface area contributed by atoms with Gasteiger partial charge in [-0.2, -0.15) is 0 Å². The van der Waals surface area contributed by atoms with Crippen LogP contribution in [0.25, 0.3) is 0 Å². The Morgan fingerprint density at radius 2 is 1.95 bits per heavy atom. The standard InChI is InChI=1S/C16H25N3O3/c1-16(2,3)15(21)17-9-5-6-13(20)18-10-12-7-8-14(22-4)19-11-12/h7-8,11H,5-6,9-10H2,1-4H3,(H,17,21)(H,18,20). The molecule has 0 fully saturated rings. The molecule has 2 amide bonds. The zero-order chi connectivity index (χ0) is 16.6. The van der Waals surface area contributed by atoms with Crippen LogP contribution < -0.4 is 15.4 Å².